The van der Waals surface area contributed by atoms with Crippen molar-refractivity contribution in [2.24, 2.45) is 0 Å². The molecule has 0 amide bonds. The molecule has 13 rings (SSSR count). The van der Waals surface area contributed by atoms with Crippen LogP contribution >= 0.6 is 0 Å². The van der Waals surface area contributed by atoms with Gasteiger partial charge < -0.3 is 4.90 Å². The van der Waals surface area contributed by atoms with Crippen molar-refractivity contribution in [3.8, 4) is 55.6 Å². The molecule has 0 aliphatic heterocycles. The third-order valence-electron chi connectivity index (χ3n) is 15.1. The van der Waals surface area contributed by atoms with E-state index >= 15 is 0 Å². The highest BCUT2D eigenvalue weighted by Gasteiger charge is 2.53. The molecule has 62 heavy (non-hydrogen) atoms. The fraction of sp³-hybridized carbons (Fsp3) is 0.115. The van der Waals surface area contributed by atoms with E-state index in [4.69, 9.17) is 0 Å². The molecule has 0 fully saturated rings. The van der Waals surface area contributed by atoms with Crippen molar-refractivity contribution in [2.75, 3.05) is 4.90 Å². The minimum absolute atomic E-state index is 0.146. The molecule has 0 radical (unpaired) electrons. The molecule has 9 aromatic carbocycles. The first kappa shape index (κ1) is 35.5. The van der Waals surface area contributed by atoms with Gasteiger partial charge in [-0.3, -0.25) is 0 Å². The lowest BCUT2D eigenvalue weighted by atomic mass is 9.69. The van der Waals surface area contributed by atoms with Crippen LogP contribution in [0.25, 0.3) is 55.6 Å². The summed E-state index contributed by atoms with van der Waals surface area (Å²) in [5.74, 6) is 0. The van der Waals surface area contributed by atoms with E-state index in [9.17, 15) is 0 Å². The van der Waals surface area contributed by atoms with Gasteiger partial charge in [0.25, 0.3) is 0 Å². The van der Waals surface area contributed by atoms with Crippen LogP contribution in [0.3, 0.4) is 0 Å². The zero-order valence-corrected chi connectivity index (χ0v) is 35.5. The number of benzene rings is 9. The monoisotopic (exact) mass is 791 g/mol. The van der Waals surface area contributed by atoms with E-state index in [1.165, 1.54) is 112 Å². The van der Waals surface area contributed by atoms with E-state index in [-0.39, 0.29) is 10.8 Å². The number of hydrogen-bond acceptors (Lipinski definition) is 1. The van der Waals surface area contributed by atoms with Gasteiger partial charge in [-0.05, 0) is 137 Å². The van der Waals surface area contributed by atoms with Gasteiger partial charge in [0.2, 0.25) is 0 Å². The molecule has 0 atom stereocenters. The van der Waals surface area contributed by atoms with E-state index < -0.39 is 5.41 Å². The molecule has 0 aromatic heterocycles. The maximum absolute atomic E-state index is 2.59. The summed E-state index contributed by atoms with van der Waals surface area (Å²) in [6.07, 6.45) is 0. The number of rotatable bonds is 5. The maximum atomic E-state index is 2.59. The highest BCUT2D eigenvalue weighted by atomic mass is 15.1. The summed E-state index contributed by atoms with van der Waals surface area (Å²) in [6.45, 7) is 9.60. The molecule has 0 N–H and O–H groups in total. The molecule has 1 heteroatoms. The molecule has 4 aliphatic rings. The Kier molecular flexibility index (Phi) is 7.12. The molecule has 1 nitrogen and oxygen atoms in total. The highest BCUT2D eigenvalue weighted by molar-refractivity contribution is 6.01. The summed E-state index contributed by atoms with van der Waals surface area (Å²) >= 11 is 0. The van der Waals surface area contributed by atoms with E-state index in [1.54, 1.807) is 0 Å². The molecule has 0 unspecified atom stereocenters. The van der Waals surface area contributed by atoms with Crippen LogP contribution in [-0.4, -0.2) is 0 Å². The molecule has 0 spiro atoms. The predicted octanol–water partition coefficient (Wildman–Crippen LogP) is 15.8. The molecule has 4 aliphatic carbocycles. The Balaban J connectivity index is 1.07. The largest absolute Gasteiger partial charge is 0.310 e. The Labute approximate surface area is 364 Å². The summed E-state index contributed by atoms with van der Waals surface area (Å²) in [4.78, 5) is 2.59. The average molecular weight is 792 g/mol. The second kappa shape index (κ2) is 12.4. The second-order valence-electron chi connectivity index (χ2n) is 18.8. The van der Waals surface area contributed by atoms with Gasteiger partial charge in [-0.2, -0.15) is 0 Å². The number of nitrogens with zero attached hydrogens (tertiary/aromatic N) is 1. The van der Waals surface area contributed by atoms with Gasteiger partial charge in [0, 0.05) is 22.2 Å². The topological polar surface area (TPSA) is 3.24 Å². The predicted molar refractivity (Wildman–Crippen MR) is 258 cm³/mol. The van der Waals surface area contributed by atoms with Crippen LogP contribution in [0.2, 0.25) is 0 Å². The Morgan fingerprint density at radius 2 is 0.710 bits per heavy atom. The molecular formula is C61H45N. The minimum atomic E-state index is -0.500. The van der Waals surface area contributed by atoms with Crippen molar-refractivity contribution >= 4 is 17.1 Å². The van der Waals surface area contributed by atoms with Crippen LogP contribution in [0.5, 0.6) is 0 Å². The van der Waals surface area contributed by atoms with E-state index in [1.807, 2.05) is 0 Å². The fourth-order valence-corrected chi connectivity index (χ4v) is 12.3. The van der Waals surface area contributed by atoms with E-state index in [0.717, 1.165) is 5.69 Å². The quantitative estimate of drug-likeness (QED) is 0.168. The van der Waals surface area contributed by atoms with Gasteiger partial charge in [0.05, 0.1) is 11.1 Å². The van der Waals surface area contributed by atoms with Crippen LogP contribution in [0.4, 0.5) is 17.1 Å². The first-order valence-electron chi connectivity index (χ1n) is 22.1. The first-order valence-corrected chi connectivity index (χ1v) is 22.1. The highest BCUT2D eigenvalue weighted by Crippen LogP contribution is 2.66. The molecule has 294 valence electrons. The van der Waals surface area contributed by atoms with Crippen molar-refractivity contribution in [2.45, 2.75) is 43.9 Å². The Hall–Kier alpha value is -7.22. The van der Waals surface area contributed by atoms with Crippen molar-refractivity contribution in [1.29, 1.82) is 0 Å². The molecule has 0 bridgehead atoms. The van der Waals surface area contributed by atoms with Gasteiger partial charge in [-0.25, -0.2) is 0 Å². The third-order valence-corrected chi connectivity index (χ3v) is 15.1. The fourth-order valence-electron chi connectivity index (χ4n) is 12.3. The lowest BCUT2D eigenvalue weighted by Crippen LogP contribution is -2.29. The lowest BCUT2D eigenvalue weighted by Gasteiger charge is -2.37. The average Bonchev–Trinajstić information content (AvgIpc) is 3.95. The van der Waals surface area contributed by atoms with Crippen LogP contribution < -0.4 is 4.90 Å². The molecule has 0 heterocycles. The third kappa shape index (κ3) is 4.48. The van der Waals surface area contributed by atoms with Gasteiger partial charge in [0.15, 0.2) is 0 Å². The van der Waals surface area contributed by atoms with E-state index in [2.05, 4.69) is 233 Å². The normalized spacial score (nSPS) is 15.5. The maximum Gasteiger partial charge on any atom is 0.0745 e. The zero-order valence-electron chi connectivity index (χ0n) is 35.5. The summed E-state index contributed by atoms with van der Waals surface area (Å²) in [6, 6.07) is 75.9. The van der Waals surface area contributed by atoms with Crippen LogP contribution in [0, 0.1) is 0 Å². The van der Waals surface area contributed by atoms with Crippen molar-refractivity contribution < 1.29 is 0 Å². The SMILES string of the molecule is CC1(C)c2ccccc2-c2ccc(N(c3ccc4c(c3)C(C)(C)c3cc(-c5ccccc5)ccc3-4)c3ccccc3C34c5ccccc5-c5cccc(c53)-c3ccccc34)cc21. The van der Waals surface area contributed by atoms with Crippen LogP contribution in [0.15, 0.2) is 200 Å². The Morgan fingerprint density at radius 1 is 0.290 bits per heavy atom. The summed E-state index contributed by atoms with van der Waals surface area (Å²) in [5, 5.41) is 0. The molecule has 0 saturated carbocycles. The summed E-state index contributed by atoms with van der Waals surface area (Å²) in [5.41, 5.74) is 26.7. The number of hydrogen-bond donors (Lipinski definition) is 0. The van der Waals surface area contributed by atoms with Gasteiger partial charge in [-0.15, -0.1) is 0 Å². The van der Waals surface area contributed by atoms with Crippen molar-refractivity contribution in [3.63, 3.8) is 0 Å². The van der Waals surface area contributed by atoms with Gasteiger partial charge >= 0.3 is 0 Å². The molecular weight excluding hydrogens is 747 g/mol. The lowest BCUT2D eigenvalue weighted by molar-refractivity contribution is 0.660. The van der Waals surface area contributed by atoms with Crippen LogP contribution in [-0.2, 0) is 16.2 Å². The van der Waals surface area contributed by atoms with Gasteiger partial charge in [-0.1, -0.05) is 191 Å². The number of para-hydroxylation sites is 1. The van der Waals surface area contributed by atoms with Crippen LogP contribution in [0.1, 0.15) is 72.2 Å². The number of anilines is 3. The first-order chi connectivity index (χ1) is 30.3. The smallest absolute Gasteiger partial charge is 0.0745 e. The van der Waals surface area contributed by atoms with Crippen molar-refractivity contribution in [1.82, 2.24) is 0 Å². The van der Waals surface area contributed by atoms with E-state index in [0.29, 0.717) is 0 Å². The second-order valence-corrected chi connectivity index (χ2v) is 18.8. The Morgan fingerprint density at radius 3 is 1.31 bits per heavy atom. The van der Waals surface area contributed by atoms with Gasteiger partial charge in [0.1, 0.15) is 0 Å². The Bertz CT molecular complexity index is 3300. The molecule has 0 saturated heterocycles. The molecule has 9 aromatic rings. The number of fused-ring (bicyclic) bond motifs is 12. The summed E-state index contributed by atoms with van der Waals surface area (Å²) in [7, 11) is 0. The van der Waals surface area contributed by atoms with Crippen molar-refractivity contribution in [3.05, 3.63) is 245 Å². The standard InChI is InChI=1S/C61H45N/c1-59(2)50-24-11-8-19-42(50)46-33-30-40(36-55(46)59)62(41-31-34-47-45-32-29-39(38-17-6-5-7-18-38)35-54(45)60(3,4)56(47)37-41)57-28-15-14-27-53(57)61-51-25-12-9-20-43(51)48-22-16-23-49(58(48)61)44-21-10-13-26-52(44)61/h5-37H,1-4H3. The summed E-state index contributed by atoms with van der Waals surface area (Å²) < 4.78 is 0. The minimum Gasteiger partial charge on any atom is -0.310 e. The zero-order chi connectivity index (χ0) is 41.5.